The average molecular weight is 1020 g/mol. The van der Waals surface area contributed by atoms with Crippen LogP contribution in [0.2, 0.25) is 57.4 Å². The highest BCUT2D eigenvalue weighted by molar-refractivity contribution is 7.38. The van der Waals surface area contributed by atoms with Gasteiger partial charge >= 0.3 is 70.0 Å². The van der Waals surface area contributed by atoms with Gasteiger partial charge in [-0.15, -0.1) is 0 Å². The van der Waals surface area contributed by atoms with Crippen molar-refractivity contribution in [3.05, 3.63) is 0 Å². The van der Waals surface area contributed by atoms with Crippen molar-refractivity contribution in [3.63, 3.8) is 0 Å². The van der Waals surface area contributed by atoms with E-state index >= 15 is 0 Å². The van der Waals surface area contributed by atoms with Gasteiger partial charge in [0.1, 0.15) is 7.59 Å². The summed E-state index contributed by atoms with van der Waals surface area (Å²) in [6.45, 7) is 9.80. The summed E-state index contributed by atoms with van der Waals surface area (Å²) >= 11 is 0. The van der Waals surface area contributed by atoms with E-state index in [1.165, 1.54) is 0 Å². The molecule has 350 valence electrons. The minimum absolute atomic E-state index is 0.0757. The molecule has 1 unspecified atom stereocenters. The molecule has 0 aromatic heterocycles. The first-order chi connectivity index (χ1) is 30.0. The SMILES string of the molecule is CCC(C)[Si](C)(C)[Si]12O[Si]3(C4CCCC4)O[Si]4(C5CCCC5)O[Si]5(C6CCCC6)O[Si](C6CCCC6)(O3)O[Si](C3CCCC3)(O[Si](C3CCCC3)(O5)O[Si](C3CCCC3)(O4)O1)O2. The minimum atomic E-state index is -3.96. The fourth-order valence-electron chi connectivity index (χ4n) is 14.8. The molecule has 62 heavy (non-hydrogen) atoms. The van der Waals surface area contributed by atoms with E-state index in [2.05, 4.69) is 26.9 Å². The van der Waals surface area contributed by atoms with E-state index in [9.17, 15) is 0 Å². The summed E-state index contributed by atoms with van der Waals surface area (Å²) < 4.78 is 103. The number of hydrogen-bond acceptors (Lipinski definition) is 12. The summed E-state index contributed by atoms with van der Waals surface area (Å²) in [5, 5.41) is 0. The van der Waals surface area contributed by atoms with Gasteiger partial charge in [0, 0.05) is 38.8 Å². The third-order valence-electron chi connectivity index (χ3n) is 19.0. The fourth-order valence-corrected chi connectivity index (χ4v) is 86.5. The second kappa shape index (κ2) is 16.3. The second-order valence-corrected chi connectivity index (χ2v) is 58.1. The highest BCUT2D eigenvalue weighted by Crippen LogP contribution is 2.66. The van der Waals surface area contributed by atoms with Gasteiger partial charge in [0.25, 0.3) is 0 Å². The molecular formula is C41H78O12Si9. The summed E-state index contributed by atoms with van der Waals surface area (Å²) in [7, 11) is -34.0. The molecule has 13 aliphatic rings. The number of rotatable bonds is 10. The van der Waals surface area contributed by atoms with Crippen LogP contribution in [-0.2, 0) is 49.4 Å². The average Bonchev–Trinajstić information content (AvgIpc) is 4.06. The molecule has 6 aliphatic heterocycles. The molecule has 13 rings (SSSR count). The molecule has 12 nitrogen and oxygen atoms in total. The Morgan fingerprint density at radius 3 is 0.645 bits per heavy atom. The van der Waals surface area contributed by atoms with Crippen LogP contribution in [-0.4, -0.2) is 77.5 Å². The maximum atomic E-state index is 8.66. The van der Waals surface area contributed by atoms with Crippen LogP contribution < -0.4 is 0 Å². The molecule has 6 saturated heterocycles. The van der Waals surface area contributed by atoms with Crippen molar-refractivity contribution in [1.82, 2.24) is 0 Å². The van der Waals surface area contributed by atoms with E-state index in [4.69, 9.17) is 49.4 Å². The van der Waals surface area contributed by atoms with Crippen LogP contribution in [0.5, 0.6) is 0 Å². The monoisotopic (exact) mass is 1010 g/mol. The zero-order chi connectivity index (χ0) is 42.1. The van der Waals surface area contributed by atoms with E-state index in [0.717, 1.165) is 186 Å². The van der Waals surface area contributed by atoms with Crippen molar-refractivity contribution in [1.29, 1.82) is 0 Å². The Hall–Kier alpha value is 1.47. The lowest BCUT2D eigenvalue weighted by Crippen LogP contribution is -2.93. The van der Waals surface area contributed by atoms with Crippen molar-refractivity contribution in [2.45, 2.75) is 257 Å². The second-order valence-electron chi connectivity index (χ2n) is 22.9. The first-order valence-electron chi connectivity index (χ1n) is 26.4. The van der Waals surface area contributed by atoms with Gasteiger partial charge in [-0.05, 0) is 95.4 Å². The van der Waals surface area contributed by atoms with E-state index in [0.29, 0.717) is 5.54 Å². The maximum absolute atomic E-state index is 8.66. The standard InChI is InChI=1S/C41H78O12Si9/c1-5-34(2)54(3,4)62-51-59(39-28-14-15-29-39)45-56(36-22-8-9-23-36)42-55(35-20-6-7-21-35)43-57(47-59,37-24-10-11-25-37)49-61(53-62,41-32-18-19-33-41)50-58(44-55,38-26-12-13-27-38)48-60(46-56,52-62)40-30-16-17-31-40/h34-41H,5-33H2,1-4H3. The fraction of sp³-hybridized carbons (Fsp3) is 1.00. The Morgan fingerprint density at radius 2 is 0.484 bits per heavy atom. The zero-order valence-electron chi connectivity index (χ0n) is 38.5. The molecule has 0 spiro atoms. The molecular weight excluding hydrogens is 937 g/mol. The van der Waals surface area contributed by atoms with Crippen LogP contribution >= 0.6 is 0 Å². The van der Waals surface area contributed by atoms with Gasteiger partial charge in [-0.25, -0.2) is 0 Å². The molecule has 8 bridgehead atoms. The van der Waals surface area contributed by atoms with E-state index in [-0.39, 0.29) is 38.8 Å². The Balaban J connectivity index is 1.21. The van der Waals surface area contributed by atoms with Crippen molar-refractivity contribution >= 4 is 77.5 Å². The molecule has 7 aliphatic carbocycles. The highest BCUT2D eigenvalue weighted by Gasteiger charge is 2.89. The summed E-state index contributed by atoms with van der Waals surface area (Å²) in [6.07, 6.45) is 30.8. The minimum Gasteiger partial charge on any atom is -0.376 e. The van der Waals surface area contributed by atoms with Gasteiger partial charge in [-0.3, -0.25) is 0 Å². The van der Waals surface area contributed by atoms with E-state index < -0.39 is 77.5 Å². The van der Waals surface area contributed by atoms with Crippen LogP contribution in [0.15, 0.2) is 0 Å². The van der Waals surface area contributed by atoms with Crippen molar-refractivity contribution in [2.75, 3.05) is 0 Å². The summed E-state index contributed by atoms with van der Waals surface area (Å²) in [5.74, 6) is 0. The lowest BCUT2D eigenvalue weighted by Gasteiger charge is -2.68. The summed E-state index contributed by atoms with van der Waals surface area (Å²) in [5.41, 5.74) is 0.889. The number of hydrogen-bond donors (Lipinski definition) is 0. The summed E-state index contributed by atoms with van der Waals surface area (Å²) in [6, 6.07) is 0. The molecule has 13 fully saturated rings. The van der Waals surface area contributed by atoms with Gasteiger partial charge in [0.05, 0.1) is 0 Å². The molecule has 21 heteroatoms. The molecule has 0 N–H and O–H groups in total. The first kappa shape index (κ1) is 44.7. The van der Waals surface area contributed by atoms with E-state index in [1.807, 2.05) is 0 Å². The molecule has 1 atom stereocenters. The first-order valence-corrected chi connectivity index (χ1v) is 44.8. The molecule has 0 aromatic carbocycles. The van der Waals surface area contributed by atoms with Crippen LogP contribution in [0.1, 0.15) is 200 Å². The molecule has 0 aromatic rings. The molecule has 6 heterocycles. The molecule has 0 radical (unpaired) electrons. The quantitative estimate of drug-likeness (QED) is 0.194. The van der Waals surface area contributed by atoms with Gasteiger partial charge in [-0.2, -0.15) is 0 Å². The topological polar surface area (TPSA) is 111 Å². The third kappa shape index (κ3) is 6.83. The Morgan fingerprint density at radius 1 is 0.323 bits per heavy atom. The van der Waals surface area contributed by atoms with Crippen LogP contribution in [0.4, 0.5) is 0 Å². The van der Waals surface area contributed by atoms with Crippen LogP contribution in [0.25, 0.3) is 0 Å². The van der Waals surface area contributed by atoms with Crippen molar-refractivity contribution < 1.29 is 49.4 Å². The Labute approximate surface area is 382 Å². The molecule has 0 amide bonds. The van der Waals surface area contributed by atoms with Crippen molar-refractivity contribution in [2.24, 2.45) is 0 Å². The van der Waals surface area contributed by atoms with Gasteiger partial charge in [0.2, 0.25) is 0 Å². The third-order valence-corrected chi connectivity index (χ3v) is 70.6. The highest BCUT2D eigenvalue weighted by atomic mass is 29.3. The normalized spacial score (nSPS) is 48.4. The lowest BCUT2D eigenvalue weighted by atomic mass is 10.4. The molecule has 7 saturated carbocycles. The largest absolute Gasteiger partial charge is 0.482 e. The van der Waals surface area contributed by atoms with E-state index in [1.54, 1.807) is 0 Å². The van der Waals surface area contributed by atoms with Crippen molar-refractivity contribution in [3.8, 4) is 0 Å². The van der Waals surface area contributed by atoms with Crippen LogP contribution in [0, 0.1) is 0 Å². The van der Waals surface area contributed by atoms with Gasteiger partial charge in [0.15, 0.2) is 0 Å². The van der Waals surface area contributed by atoms with Gasteiger partial charge in [-0.1, -0.05) is 123 Å². The predicted octanol–water partition coefficient (Wildman–Crippen LogP) is 12.0. The Bertz CT molecular complexity index is 1480. The summed E-state index contributed by atoms with van der Waals surface area (Å²) in [4.78, 5) is 0. The zero-order valence-corrected chi connectivity index (χ0v) is 47.5. The smallest absolute Gasteiger partial charge is 0.376 e. The van der Waals surface area contributed by atoms with Crippen LogP contribution in [0.3, 0.4) is 0 Å². The lowest BCUT2D eigenvalue weighted by molar-refractivity contribution is -0.0419. The van der Waals surface area contributed by atoms with Gasteiger partial charge < -0.3 is 49.4 Å². The predicted molar refractivity (Wildman–Crippen MR) is 252 cm³/mol. The maximum Gasteiger partial charge on any atom is 0.482 e. The Kier molecular flexibility index (Phi) is 11.7.